The number of carbonyl (C=O) groups is 1. The third kappa shape index (κ3) is 2.69. The number of anilines is 1. The highest BCUT2D eigenvalue weighted by Gasteiger charge is 2.25. The molecule has 1 atom stereocenters. The zero-order valence-electron chi connectivity index (χ0n) is 11.7. The minimum atomic E-state index is -0.861. The minimum Gasteiger partial charge on any atom is -0.497 e. The molecule has 21 heavy (non-hydrogen) atoms. The summed E-state index contributed by atoms with van der Waals surface area (Å²) in [6.45, 7) is 1.07. The van der Waals surface area contributed by atoms with Gasteiger partial charge in [-0.15, -0.1) is 0 Å². The number of hydrogen-bond donors (Lipinski definition) is 2. The van der Waals surface area contributed by atoms with E-state index < -0.39 is 6.09 Å². The van der Waals surface area contributed by atoms with Gasteiger partial charge in [-0.2, -0.15) is 0 Å². The van der Waals surface area contributed by atoms with Crippen molar-refractivity contribution < 1.29 is 14.6 Å². The van der Waals surface area contributed by atoms with Crippen molar-refractivity contribution in [2.24, 2.45) is 0 Å². The highest BCUT2D eigenvalue weighted by Crippen LogP contribution is 2.27. The second kappa shape index (κ2) is 5.47. The normalized spacial score (nSPS) is 18.0. The molecular weight excluding hydrogens is 270 g/mol. The fourth-order valence-corrected chi connectivity index (χ4v) is 2.65. The Labute approximate surface area is 122 Å². The number of benzene rings is 1. The number of carboxylic acid groups (broad SMARTS) is 1. The summed E-state index contributed by atoms with van der Waals surface area (Å²) in [4.78, 5) is 16.7. The summed E-state index contributed by atoms with van der Waals surface area (Å²) in [7, 11) is 1.63. The van der Waals surface area contributed by atoms with Crippen LogP contribution in [0.5, 0.6) is 5.75 Å². The maximum atomic E-state index is 11.0. The van der Waals surface area contributed by atoms with E-state index in [1.54, 1.807) is 13.3 Å². The van der Waals surface area contributed by atoms with Gasteiger partial charge in [0.25, 0.3) is 0 Å². The summed E-state index contributed by atoms with van der Waals surface area (Å²) in [6.07, 6.45) is 1.70. The summed E-state index contributed by atoms with van der Waals surface area (Å²) in [5.41, 5.74) is 1.84. The van der Waals surface area contributed by atoms with Crippen molar-refractivity contribution in [1.29, 1.82) is 0 Å². The Kier molecular flexibility index (Phi) is 3.51. The van der Waals surface area contributed by atoms with Gasteiger partial charge in [-0.25, -0.2) is 4.79 Å². The summed E-state index contributed by atoms with van der Waals surface area (Å²) in [5.74, 6) is 0.775. The number of nitrogens with zero attached hydrogens (tertiary/aromatic N) is 2. The van der Waals surface area contributed by atoms with Gasteiger partial charge in [-0.05, 0) is 30.7 Å². The molecule has 0 radical (unpaired) electrons. The molecule has 0 aliphatic carbocycles. The molecule has 1 amide bonds. The van der Waals surface area contributed by atoms with Crippen molar-refractivity contribution in [1.82, 2.24) is 9.88 Å². The first-order chi connectivity index (χ1) is 10.2. The number of nitrogens with one attached hydrogen (secondary N) is 1. The second-order valence-corrected chi connectivity index (χ2v) is 5.10. The molecule has 0 spiro atoms. The Morgan fingerprint density at radius 3 is 3.05 bits per heavy atom. The van der Waals surface area contributed by atoms with Crippen LogP contribution in [-0.2, 0) is 0 Å². The highest BCUT2D eigenvalue weighted by molar-refractivity contribution is 5.92. The number of aromatic nitrogens is 1. The quantitative estimate of drug-likeness (QED) is 0.906. The lowest BCUT2D eigenvalue weighted by atomic mass is 10.1. The van der Waals surface area contributed by atoms with Crippen LogP contribution >= 0.6 is 0 Å². The van der Waals surface area contributed by atoms with Gasteiger partial charge >= 0.3 is 6.09 Å². The van der Waals surface area contributed by atoms with Crippen molar-refractivity contribution in [2.75, 3.05) is 25.5 Å². The van der Waals surface area contributed by atoms with Gasteiger partial charge in [0.15, 0.2) is 0 Å². The molecule has 6 heteroatoms. The molecule has 1 aromatic carbocycles. The lowest BCUT2D eigenvalue weighted by molar-refractivity contribution is 0.155. The zero-order chi connectivity index (χ0) is 14.8. The van der Waals surface area contributed by atoms with E-state index in [9.17, 15) is 4.79 Å². The van der Waals surface area contributed by atoms with Gasteiger partial charge in [0.05, 0.1) is 12.6 Å². The summed E-state index contributed by atoms with van der Waals surface area (Å²) < 4.78 is 5.25. The number of pyridine rings is 1. The molecule has 1 aromatic heterocycles. The zero-order valence-corrected chi connectivity index (χ0v) is 11.7. The van der Waals surface area contributed by atoms with Crippen molar-refractivity contribution in [2.45, 2.75) is 12.5 Å². The third-order valence-electron chi connectivity index (χ3n) is 3.77. The van der Waals surface area contributed by atoms with E-state index in [1.807, 2.05) is 24.3 Å². The lowest BCUT2D eigenvalue weighted by Crippen LogP contribution is -2.30. The smallest absolute Gasteiger partial charge is 0.407 e. The molecule has 1 fully saturated rings. The number of fused-ring (bicyclic) bond motifs is 1. The van der Waals surface area contributed by atoms with Crippen LogP contribution in [0.3, 0.4) is 0 Å². The number of rotatable bonds is 3. The topological polar surface area (TPSA) is 74.7 Å². The first kappa shape index (κ1) is 13.5. The van der Waals surface area contributed by atoms with Crippen molar-refractivity contribution >= 4 is 22.7 Å². The van der Waals surface area contributed by atoms with E-state index in [4.69, 9.17) is 9.84 Å². The van der Waals surface area contributed by atoms with Gasteiger partial charge in [0, 0.05) is 36.4 Å². The lowest BCUT2D eigenvalue weighted by Gasteiger charge is -2.16. The first-order valence-corrected chi connectivity index (χ1v) is 6.84. The van der Waals surface area contributed by atoms with Crippen LogP contribution < -0.4 is 10.1 Å². The van der Waals surface area contributed by atoms with Gasteiger partial charge in [-0.3, -0.25) is 4.98 Å². The fraction of sp³-hybridized carbons (Fsp3) is 0.333. The molecule has 1 saturated heterocycles. The summed E-state index contributed by atoms with van der Waals surface area (Å²) in [5, 5.41) is 13.4. The van der Waals surface area contributed by atoms with Gasteiger partial charge in [0.2, 0.25) is 0 Å². The standard InChI is InChI=1S/C15H17N3O3/c1-21-11-2-3-13-12(8-11)14(4-6-16-13)17-10-5-7-18(9-10)15(19)20/h2-4,6,8,10H,5,7,9H2,1H3,(H,16,17)(H,19,20). The molecule has 2 heterocycles. The number of ether oxygens (including phenoxy) is 1. The van der Waals surface area contributed by atoms with Crippen LogP contribution in [-0.4, -0.2) is 47.3 Å². The molecular formula is C15H17N3O3. The molecule has 1 aliphatic heterocycles. The van der Waals surface area contributed by atoms with Crippen molar-refractivity contribution in [3.8, 4) is 5.75 Å². The molecule has 6 nitrogen and oxygen atoms in total. The van der Waals surface area contributed by atoms with Crippen LogP contribution in [0.2, 0.25) is 0 Å². The van der Waals surface area contributed by atoms with Crippen molar-refractivity contribution in [3.63, 3.8) is 0 Å². The largest absolute Gasteiger partial charge is 0.497 e. The Balaban J connectivity index is 1.85. The van der Waals surface area contributed by atoms with E-state index in [2.05, 4.69) is 10.3 Å². The second-order valence-electron chi connectivity index (χ2n) is 5.10. The van der Waals surface area contributed by atoms with E-state index >= 15 is 0 Å². The maximum Gasteiger partial charge on any atom is 0.407 e. The van der Waals surface area contributed by atoms with Crippen LogP contribution in [0.1, 0.15) is 6.42 Å². The molecule has 0 bridgehead atoms. The molecule has 3 rings (SSSR count). The molecule has 2 aromatic rings. The van der Waals surface area contributed by atoms with E-state index in [0.717, 1.165) is 28.8 Å². The van der Waals surface area contributed by atoms with Crippen molar-refractivity contribution in [3.05, 3.63) is 30.5 Å². The molecule has 1 aliphatic rings. The molecule has 110 valence electrons. The predicted molar refractivity (Wildman–Crippen MR) is 79.9 cm³/mol. The van der Waals surface area contributed by atoms with Gasteiger partial charge in [0.1, 0.15) is 5.75 Å². The highest BCUT2D eigenvalue weighted by atomic mass is 16.5. The average Bonchev–Trinajstić information content (AvgIpc) is 2.96. The fourth-order valence-electron chi connectivity index (χ4n) is 2.65. The molecule has 0 saturated carbocycles. The summed E-state index contributed by atoms with van der Waals surface area (Å²) >= 11 is 0. The van der Waals surface area contributed by atoms with Gasteiger partial charge in [-0.1, -0.05) is 0 Å². The monoisotopic (exact) mass is 287 g/mol. The number of likely N-dealkylation sites (tertiary alicyclic amines) is 1. The van der Waals surface area contributed by atoms with Gasteiger partial charge < -0.3 is 20.1 Å². The average molecular weight is 287 g/mol. The molecule has 1 unspecified atom stereocenters. The Morgan fingerprint density at radius 1 is 1.48 bits per heavy atom. The van der Waals surface area contributed by atoms with E-state index in [-0.39, 0.29) is 6.04 Å². The Morgan fingerprint density at radius 2 is 2.33 bits per heavy atom. The van der Waals surface area contributed by atoms with Crippen LogP contribution in [0.25, 0.3) is 10.9 Å². The van der Waals surface area contributed by atoms with Crippen LogP contribution in [0.4, 0.5) is 10.5 Å². The Hall–Kier alpha value is -2.50. The number of amides is 1. The van der Waals surface area contributed by atoms with Crippen LogP contribution in [0.15, 0.2) is 30.5 Å². The summed E-state index contributed by atoms with van der Waals surface area (Å²) in [6, 6.07) is 7.76. The third-order valence-corrected chi connectivity index (χ3v) is 3.77. The van der Waals surface area contributed by atoms with E-state index in [1.165, 1.54) is 4.90 Å². The van der Waals surface area contributed by atoms with E-state index in [0.29, 0.717) is 13.1 Å². The maximum absolute atomic E-state index is 11.0. The predicted octanol–water partition coefficient (Wildman–Crippen LogP) is 2.41. The number of methoxy groups -OCH3 is 1. The first-order valence-electron chi connectivity index (χ1n) is 6.84. The molecule has 2 N–H and O–H groups in total. The van der Waals surface area contributed by atoms with Crippen LogP contribution in [0, 0.1) is 0 Å². The minimum absolute atomic E-state index is 0.123. The Bertz CT molecular complexity index is 674. The number of hydrogen-bond acceptors (Lipinski definition) is 4. The SMILES string of the molecule is COc1ccc2nccc(NC3CCN(C(=O)O)C3)c2c1.